The molecule has 0 saturated carbocycles. The zero-order chi connectivity index (χ0) is 17.0. The van der Waals surface area contributed by atoms with Gasteiger partial charge in [0, 0.05) is 20.0 Å². The highest BCUT2D eigenvalue weighted by Crippen LogP contribution is 2.10. The van der Waals surface area contributed by atoms with Crippen molar-refractivity contribution in [2.24, 2.45) is 7.05 Å². The van der Waals surface area contributed by atoms with E-state index >= 15 is 0 Å². The van der Waals surface area contributed by atoms with E-state index in [1.165, 1.54) is 19.9 Å². The number of fused-ring (bicyclic) bond motifs is 1. The molecule has 6 nitrogen and oxygen atoms in total. The second kappa shape index (κ2) is 7.68. The standard InChI is InChI=1S/C16H24N4O2S/c1-4-6-7-8-9-11-17-13-12(14(23)18-11)15(21)19(3)16(22)20(13)10-5-2/h4-10H2,1-3H3,(H,17,18,23). The largest absolute Gasteiger partial charge is 0.332 e. The molecule has 2 heterocycles. The lowest BCUT2D eigenvalue weighted by atomic mass is 10.1. The Labute approximate surface area is 140 Å². The number of hydrogen-bond donors (Lipinski definition) is 1. The highest BCUT2D eigenvalue weighted by atomic mass is 32.1. The lowest BCUT2D eigenvalue weighted by Gasteiger charge is -2.12. The van der Waals surface area contributed by atoms with Crippen molar-refractivity contribution < 1.29 is 0 Å². The molecule has 1 N–H and O–H groups in total. The topological polar surface area (TPSA) is 72.7 Å². The molecule has 0 aliphatic rings. The Bertz CT molecular complexity index is 863. The van der Waals surface area contributed by atoms with Crippen molar-refractivity contribution in [1.29, 1.82) is 0 Å². The molecule has 7 heteroatoms. The lowest BCUT2D eigenvalue weighted by molar-refractivity contribution is 0.604. The van der Waals surface area contributed by atoms with Crippen LogP contribution < -0.4 is 11.2 Å². The molecule has 0 atom stereocenters. The molecule has 0 amide bonds. The Hall–Kier alpha value is -1.76. The van der Waals surface area contributed by atoms with E-state index in [1.807, 2.05) is 6.92 Å². The third-order valence-corrected chi connectivity index (χ3v) is 4.27. The highest BCUT2D eigenvalue weighted by Gasteiger charge is 2.14. The van der Waals surface area contributed by atoms with Gasteiger partial charge in [-0.2, -0.15) is 0 Å². The van der Waals surface area contributed by atoms with Gasteiger partial charge in [0.2, 0.25) is 0 Å². The van der Waals surface area contributed by atoms with Crippen LogP contribution in [0, 0.1) is 4.64 Å². The van der Waals surface area contributed by atoms with Gasteiger partial charge in [-0.3, -0.25) is 13.9 Å². The fraction of sp³-hybridized carbons (Fsp3) is 0.625. The van der Waals surface area contributed by atoms with E-state index in [9.17, 15) is 9.59 Å². The Morgan fingerprint density at radius 2 is 1.87 bits per heavy atom. The minimum Gasteiger partial charge on any atom is -0.329 e. The molecule has 0 aromatic carbocycles. The molecule has 0 spiro atoms. The van der Waals surface area contributed by atoms with Crippen molar-refractivity contribution in [3.8, 4) is 0 Å². The van der Waals surface area contributed by atoms with Crippen LogP contribution in [-0.2, 0) is 20.0 Å². The molecule has 2 rings (SSSR count). The maximum atomic E-state index is 12.4. The number of nitrogens with zero attached hydrogens (tertiary/aromatic N) is 3. The first-order valence-corrected chi connectivity index (χ1v) is 8.64. The monoisotopic (exact) mass is 336 g/mol. The normalized spacial score (nSPS) is 11.3. The fourth-order valence-electron chi connectivity index (χ4n) is 2.70. The van der Waals surface area contributed by atoms with Crippen molar-refractivity contribution in [3.05, 3.63) is 31.3 Å². The van der Waals surface area contributed by atoms with Crippen LogP contribution in [0.2, 0.25) is 0 Å². The van der Waals surface area contributed by atoms with Crippen LogP contribution in [0.15, 0.2) is 9.59 Å². The summed E-state index contributed by atoms with van der Waals surface area (Å²) in [4.78, 5) is 32.3. The molecule has 0 radical (unpaired) electrons. The van der Waals surface area contributed by atoms with Crippen LogP contribution in [-0.4, -0.2) is 19.1 Å². The van der Waals surface area contributed by atoms with Crippen molar-refractivity contribution in [2.45, 2.75) is 58.9 Å². The first kappa shape index (κ1) is 17.6. The molecular formula is C16H24N4O2S. The Kier molecular flexibility index (Phi) is 5.87. The minimum atomic E-state index is -0.386. The number of aryl methyl sites for hydroxylation is 2. The minimum absolute atomic E-state index is 0.273. The predicted octanol–water partition coefficient (Wildman–Crippen LogP) is 2.69. The Balaban J connectivity index is 2.59. The van der Waals surface area contributed by atoms with Crippen molar-refractivity contribution in [1.82, 2.24) is 19.1 Å². The van der Waals surface area contributed by atoms with E-state index in [0.717, 1.165) is 36.1 Å². The summed E-state index contributed by atoms with van der Waals surface area (Å²) in [6.45, 7) is 4.69. The van der Waals surface area contributed by atoms with Crippen molar-refractivity contribution in [2.75, 3.05) is 0 Å². The van der Waals surface area contributed by atoms with Gasteiger partial charge in [0.1, 0.15) is 21.5 Å². The summed E-state index contributed by atoms with van der Waals surface area (Å²) in [5, 5.41) is 0.327. The summed E-state index contributed by atoms with van der Waals surface area (Å²) in [5.74, 6) is 0.746. The SMILES string of the molecule is CCCCCCc1nc(=S)c2c(=O)n(C)c(=O)n(CCC)c2[nH]1. The fourth-order valence-corrected chi connectivity index (χ4v) is 3.00. The lowest BCUT2D eigenvalue weighted by Crippen LogP contribution is -2.39. The number of hydrogen-bond acceptors (Lipinski definition) is 4. The molecule has 0 aliphatic heterocycles. The van der Waals surface area contributed by atoms with E-state index in [1.54, 1.807) is 4.57 Å². The predicted molar refractivity (Wildman–Crippen MR) is 94.6 cm³/mol. The van der Waals surface area contributed by atoms with E-state index in [0.29, 0.717) is 17.6 Å². The van der Waals surface area contributed by atoms with Crippen molar-refractivity contribution in [3.63, 3.8) is 0 Å². The number of unbranched alkanes of at least 4 members (excludes halogenated alkanes) is 3. The van der Waals surface area contributed by atoms with Crippen LogP contribution >= 0.6 is 12.2 Å². The number of rotatable bonds is 7. The van der Waals surface area contributed by atoms with Gasteiger partial charge in [0.05, 0.1) is 0 Å². The zero-order valence-electron chi connectivity index (χ0n) is 14.0. The van der Waals surface area contributed by atoms with Gasteiger partial charge in [-0.05, 0) is 12.8 Å². The second-order valence-electron chi connectivity index (χ2n) is 5.82. The number of nitrogens with one attached hydrogen (secondary N) is 1. The molecule has 0 saturated heterocycles. The highest BCUT2D eigenvalue weighted by molar-refractivity contribution is 7.71. The Morgan fingerprint density at radius 3 is 2.52 bits per heavy atom. The summed E-state index contributed by atoms with van der Waals surface area (Å²) < 4.78 is 2.96. The first-order valence-electron chi connectivity index (χ1n) is 8.24. The summed E-state index contributed by atoms with van der Waals surface area (Å²) in [6, 6.07) is 0. The summed E-state index contributed by atoms with van der Waals surface area (Å²) in [6.07, 6.45) is 6.08. The average molecular weight is 336 g/mol. The Morgan fingerprint density at radius 1 is 1.13 bits per heavy atom. The number of H-pyrrole nitrogens is 1. The molecule has 126 valence electrons. The van der Waals surface area contributed by atoms with Gasteiger partial charge in [0.15, 0.2) is 0 Å². The third kappa shape index (κ3) is 3.60. The smallest absolute Gasteiger partial charge is 0.329 e. The van der Waals surface area contributed by atoms with Crippen LogP contribution in [0.25, 0.3) is 11.0 Å². The van der Waals surface area contributed by atoms with Crippen LogP contribution in [0.4, 0.5) is 0 Å². The zero-order valence-corrected chi connectivity index (χ0v) is 14.8. The van der Waals surface area contributed by atoms with Crippen molar-refractivity contribution >= 4 is 23.3 Å². The molecule has 2 aromatic heterocycles. The van der Waals surface area contributed by atoms with Crippen LogP contribution in [0.1, 0.15) is 51.8 Å². The molecule has 23 heavy (non-hydrogen) atoms. The second-order valence-corrected chi connectivity index (χ2v) is 6.21. The van der Waals surface area contributed by atoms with Gasteiger partial charge in [-0.25, -0.2) is 9.78 Å². The summed E-state index contributed by atoms with van der Waals surface area (Å²) >= 11 is 5.32. The van der Waals surface area contributed by atoms with E-state index in [4.69, 9.17) is 12.2 Å². The molecule has 2 aromatic rings. The quantitative estimate of drug-likeness (QED) is 0.623. The molecular weight excluding hydrogens is 312 g/mol. The number of aromatic amines is 1. The van der Waals surface area contributed by atoms with Crippen LogP contribution in [0.3, 0.4) is 0 Å². The average Bonchev–Trinajstić information content (AvgIpc) is 2.53. The van der Waals surface area contributed by atoms with E-state index < -0.39 is 0 Å². The van der Waals surface area contributed by atoms with E-state index in [2.05, 4.69) is 16.9 Å². The maximum Gasteiger partial charge on any atom is 0.332 e. The molecule has 0 unspecified atom stereocenters. The van der Waals surface area contributed by atoms with Gasteiger partial charge in [-0.15, -0.1) is 0 Å². The van der Waals surface area contributed by atoms with Crippen LogP contribution in [0.5, 0.6) is 0 Å². The third-order valence-electron chi connectivity index (χ3n) is 3.97. The molecule has 0 fully saturated rings. The van der Waals surface area contributed by atoms with Gasteiger partial charge in [-0.1, -0.05) is 45.3 Å². The van der Waals surface area contributed by atoms with Gasteiger partial charge in [0.25, 0.3) is 5.56 Å². The molecule has 0 bridgehead atoms. The first-order chi connectivity index (χ1) is 11.0. The van der Waals surface area contributed by atoms with E-state index in [-0.39, 0.29) is 15.9 Å². The maximum absolute atomic E-state index is 12.4. The molecule has 0 aliphatic carbocycles. The van der Waals surface area contributed by atoms with Gasteiger partial charge >= 0.3 is 5.69 Å². The van der Waals surface area contributed by atoms with Gasteiger partial charge < -0.3 is 4.98 Å². The summed E-state index contributed by atoms with van der Waals surface area (Å²) in [5.41, 5.74) is -0.202. The summed E-state index contributed by atoms with van der Waals surface area (Å²) in [7, 11) is 1.48. The number of aromatic nitrogens is 4.